The standard InChI is InChI=1S/C19H26N2O3/c1-14-10-19(22)24-18-11-16(4-5-17(14)18)13-20(3)12-15(2)21-6-8-23-9-7-21/h4-5,10-11,15H,6-9,12-13H2,1-3H3/t15-/m1/s1. The van der Waals surface area contributed by atoms with Gasteiger partial charge < -0.3 is 14.1 Å². The Hall–Kier alpha value is -1.69. The van der Waals surface area contributed by atoms with E-state index in [1.54, 1.807) is 0 Å². The zero-order chi connectivity index (χ0) is 17.1. The molecule has 1 aliphatic rings. The molecular formula is C19H26N2O3. The summed E-state index contributed by atoms with van der Waals surface area (Å²) in [6.07, 6.45) is 0. The predicted octanol–water partition coefficient (Wildman–Crippen LogP) is 2.25. The molecule has 1 fully saturated rings. The van der Waals surface area contributed by atoms with E-state index in [-0.39, 0.29) is 5.63 Å². The Morgan fingerprint density at radius 1 is 1.25 bits per heavy atom. The molecule has 130 valence electrons. The number of hydrogen-bond donors (Lipinski definition) is 0. The number of rotatable bonds is 5. The summed E-state index contributed by atoms with van der Waals surface area (Å²) in [5, 5.41) is 1.00. The van der Waals surface area contributed by atoms with Crippen LogP contribution in [0.2, 0.25) is 0 Å². The van der Waals surface area contributed by atoms with Crippen molar-refractivity contribution in [2.45, 2.75) is 26.4 Å². The van der Waals surface area contributed by atoms with Crippen molar-refractivity contribution < 1.29 is 9.15 Å². The summed E-state index contributed by atoms with van der Waals surface area (Å²) < 4.78 is 10.8. The zero-order valence-corrected chi connectivity index (χ0v) is 14.7. The molecule has 1 aromatic heterocycles. The summed E-state index contributed by atoms with van der Waals surface area (Å²) in [6, 6.07) is 8.19. The highest BCUT2D eigenvalue weighted by Gasteiger charge is 2.18. The molecule has 0 N–H and O–H groups in total. The number of benzene rings is 1. The van der Waals surface area contributed by atoms with Crippen molar-refractivity contribution >= 4 is 11.0 Å². The van der Waals surface area contributed by atoms with Gasteiger partial charge >= 0.3 is 5.63 Å². The Bertz CT molecular complexity index is 750. The predicted molar refractivity (Wildman–Crippen MR) is 95.4 cm³/mol. The van der Waals surface area contributed by atoms with Crippen molar-refractivity contribution in [2.75, 3.05) is 39.9 Å². The zero-order valence-electron chi connectivity index (χ0n) is 14.7. The van der Waals surface area contributed by atoms with Gasteiger partial charge in [0.05, 0.1) is 13.2 Å². The van der Waals surface area contributed by atoms with Gasteiger partial charge in [-0.15, -0.1) is 0 Å². The lowest BCUT2D eigenvalue weighted by molar-refractivity contribution is 0.0137. The van der Waals surface area contributed by atoms with Crippen molar-refractivity contribution in [1.82, 2.24) is 9.80 Å². The molecule has 1 atom stereocenters. The Balaban J connectivity index is 1.66. The minimum absolute atomic E-state index is 0.286. The van der Waals surface area contributed by atoms with E-state index in [1.807, 2.05) is 19.1 Å². The van der Waals surface area contributed by atoms with Gasteiger partial charge in [-0.05, 0) is 38.1 Å². The van der Waals surface area contributed by atoms with Crippen molar-refractivity contribution in [1.29, 1.82) is 0 Å². The van der Waals surface area contributed by atoms with Gasteiger partial charge in [-0.2, -0.15) is 0 Å². The Morgan fingerprint density at radius 2 is 2.00 bits per heavy atom. The normalized spacial score (nSPS) is 17.5. The molecule has 0 amide bonds. The lowest BCUT2D eigenvalue weighted by Gasteiger charge is -2.34. The number of ether oxygens (including phenoxy) is 1. The third-order valence-electron chi connectivity index (χ3n) is 4.71. The summed E-state index contributed by atoms with van der Waals surface area (Å²) in [5.74, 6) is 0. The minimum atomic E-state index is -0.286. The molecular weight excluding hydrogens is 304 g/mol. The maximum absolute atomic E-state index is 11.6. The van der Waals surface area contributed by atoms with E-state index in [1.165, 1.54) is 6.07 Å². The van der Waals surface area contributed by atoms with Crippen molar-refractivity contribution in [2.24, 2.45) is 0 Å². The van der Waals surface area contributed by atoms with Crippen LogP contribution in [0.15, 0.2) is 33.5 Å². The molecule has 0 aliphatic carbocycles. The fourth-order valence-corrected chi connectivity index (χ4v) is 3.43. The minimum Gasteiger partial charge on any atom is -0.423 e. The van der Waals surface area contributed by atoms with Gasteiger partial charge in [0.15, 0.2) is 0 Å². The Labute approximate surface area is 142 Å². The monoisotopic (exact) mass is 330 g/mol. The van der Waals surface area contributed by atoms with E-state index in [9.17, 15) is 4.79 Å². The summed E-state index contributed by atoms with van der Waals surface area (Å²) in [4.78, 5) is 16.4. The molecule has 5 nitrogen and oxygen atoms in total. The molecule has 3 rings (SSSR count). The lowest BCUT2D eigenvalue weighted by atomic mass is 10.1. The number of hydrogen-bond acceptors (Lipinski definition) is 5. The van der Waals surface area contributed by atoms with Gasteiger partial charge in [0.2, 0.25) is 0 Å². The first-order valence-electron chi connectivity index (χ1n) is 8.56. The topological polar surface area (TPSA) is 45.9 Å². The number of fused-ring (bicyclic) bond motifs is 1. The van der Waals surface area contributed by atoms with E-state index >= 15 is 0 Å². The fourth-order valence-electron chi connectivity index (χ4n) is 3.43. The van der Waals surface area contributed by atoms with E-state index in [0.29, 0.717) is 11.6 Å². The smallest absolute Gasteiger partial charge is 0.336 e. The first-order chi connectivity index (χ1) is 11.5. The van der Waals surface area contributed by atoms with Crippen LogP contribution in [-0.4, -0.2) is 55.7 Å². The van der Waals surface area contributed by atoms with Gasteiger partial charge in [0.1, 0.15) is 5.58 Å². The average Bonchev–Trinajstić information content (AvgIpc) is 2.55. The largest absolute Gasteiger partial charge is 0.423 e. The highest BCUT2D eigenvalue weighted by molar-refractivity contribution is 5.80. The lowest BCUT2D eigenvalue weighted by Crippen LogP contribution is -2.46. The Morgan fingerprint density at radius 3 is 2.75 bits per heavy atom. The van der Waals surface area contributed by atoms with Gasteiger partial charge in [0.25, 0.3) is 0 Å². The second kappa shape index (κ2) is 7.47. The highest BCUT2D eigenvalue weighted by atomic mass is 16.5. The quantitative estimate of drug-likeness (QED) is 0.787. The Kier molecular flexibility index (Phi) is 5.33. The van der Waals surface area contributed by atoms with Gasteiger partial charge in [-0.1, -0.05) is 12.1 Å². The second-order valence-electron chi connectivity index (χ2n) is 6.77. The third kappa shape index (κ3) is 4.04. The maximum Gasteiger partial charge on any atom is 0.336 e. The highest BCUT2D eigenvalue weighted by Crippen LogP contribution is 2.19. The summed E-state index contributed by atoms with van der Waals surface area (Å²) in [6.45, 7) is 9.72. The van der Waals surface area contributed by atoms with Crippen LogP contribution < -0.4 is 5.63 Å². The van der Waals surface area contributed by atoms with E-state index < -0.39 is 0 Å². The van der Waals surface area contributed by atoms with E-state index in [4.69, 9.17) is 9.15 Å². The van der Waals surface area contributed by atoms with Gasteiger partial charge in [-0.3, -0.25) is 4.90 Å². The number of aryl methyl sites for hydroxylation is 1. The first-order valence-corrected chi connectivity index (χ1v) is 8.56. The fraction of sp³-hybridized carbons (Fsp3) is 0.526. The van der Waals surface area contributed by atoms with E-state index in [2.05, 4.69) is 29.8 Å². The van der Waals surface area contributed by atoms with Crippen LogP contribution >= 0.6 is 0 Å². The van der Waals surface area contributed by atoms with Crippen LogP contribution in [0.1, 0.15) is 18.1 Å². The van der Waals surface area contributed by atoms with Crippen LogP contribution in [0.4, 0.5) is 0 Å². The molecule has 0 radical (unpaired) electrons. The van der Waals surface area contributed by atoms with E-state index in [0.717, 1.165) is 55.9 Å². The molecule has 2 aromatic rings. The van der Waals surface area contributed by atoms with Crippen molar-refractivity contribution in [3.05, 3.63) is 45.8 Å². The molecule has 5 heteroatoms. The van der Waals surface area contributed by atoms with Crippen LogP contribution in [0.5, 0.6) is 0 Å². The molecule has 0 saturated carbocycles. The number of nitrogens with zero attached hydrogens (tertiary/aromatic N) is 2. The van der Waals surface area contributed by atoms with Crippen LogP contribution in [0.3, 0.4) is 0 Å². The molecule has 1 aliphatic heterocycles. The second-order valence-corrected chi connectivity index (χ2v) is 6.77. The van der Waals surface area contributed by atoms with Crippen molar-refractivity contribution in [3.8, 4) is 0 Å². The van der Waals surface area contributed by atoms with Crippen molar-refractivity contribution in [3.63, 3.8) is 0 Å². The first kappa shape index (κ1) is 17.1. The number of morpholine rings is 1. The van der Waals surface area contributed by atoms with Gasteiger partial charge in [0, 0.05) is 43.7 Å². The SMILES string of the molecule is Cc1cc(=O)oc2cc(CN(C)C[C@@H](C)N3CCOCC3)ccc12. The molecule has 0 unspecified atom stereocenters. The van der Waals surface area contributed by atoms with Crippen LogP contribution in [-0.2, 0) is 11.3 Å². The summed E-state index contributed by atoms with van der Waals surface area (Å²) >= 11 is 0. The molecule has 1 aromatic carbocycles. The molecule has 0 spiro atoms. The summed E-state index contributed by atoms with van der Waals surface area (Å²) in [5.41, 5.74) is 2.51. The average molecular weight is 330 g/mol. The van der Waals surface area contributed by atoms with Crippen LogP contribution in [0.25, 0.3) is 11.0 Å². The van der Waals surface area contributed by atoms with Crippen LogP contribution in [0, 0.1) is 6.92 Å². The molecule has 24 heavy (non-hydrogen) atoms. The third-order valence-corrected chi connectivity index (χ3v) is 4.71. The molecule has 0 bridgehead atoms. The molecule has 2 heterocycles. The molecule has 1 saturated heterocycles. The van der Waals surface area contributed by atoms with Gasteiger partial charge in [-0.25, -0.2) is 4.79 Å². The maximum atomic E-state index is 11.6. The number of likely N-dealkylation sites (N-methyl/N-ethyl adjacent to an activating group) is 1. The summed E-state index contributed by atoms with van der Waals surface area (Å²) in [7, 11) is 2.13.